The van der Waals surface area contributed by atoms with E-state index in [0.717, 1.165) is 45.1 Å². The normalized spacial score (nSPS) is 9.79. The largest absolute Gasteiger partial charge is 0.356 e. The second-order valence-corrected chi connectivity index (χ2v) is 3.59. The van der Waals surface area contributed by atoms with Crippen LogP contribution in [0.25, 0.3) is 0 Å². The summed E-state index contributed by atoms with van der Waals surface area (Å²) in [5, 5.41) is 2.92. The van der Waals surface area contributed by atoms with Crippen molar-refractivity contribution in [3.05, 3.63) is 12.7 Å². The molecule has 0 aliphatic carbocycles. The Morgan fingerprint density at radius 3 is 2.71 bits per heavy atom. The Hall–Kier alpha value is -0.790. The molecule has 0 rings (SSSR count). The molecule has 0 heterocycles. The Bertz CT molecular complexity index is 154. The van der Waals surface area contributed by atoms with Crippen LogP contribution in [0.4, 0.5) is 0 Å². The van der Waals surface area contributed by atoms with Gasteiger partial charge < -0.3 is 5.32 Å². The predicted octanol–water partition coefficient (Wildman–Crippen LogP) is 3.04. The number of unbranched alkanes of at least 4 members (excludes halogenated alkanes) is 4. The Balaban J connectivity index is 3.14. The summed E-state index contributed by atoms with van der Waals surface area (Å²) in [5.74, 6) is 0.206. The summed E-state index contributed by atoms with van der Waals surface area (Å²) in [6.07, 6.45) is 9.20. The maximum atomic E-state index is 11.2. The van der Waals surface area contributed by atoms with Gasteiger partial charge in [-0.2, -0.15) is 0 Å². The van der Waals surface area contributed by atoms with Gasteiger partial charge in [-0.05, 0) is 25.7 Å². The summed E-state index contributed by atoms with van der Waals surface area (Å²) in [6.45, 7) is 6.63. The minimum Gasteiger partial charge on any atom is -0.356 e. The Labute approximate surface area is 87.8 Å². The second-order valence-electron chi connectivity index (χ2n) is 3.59. The minimum atomic E-state index is 0.206. The minimum absolute atomic E-state index is 0.206. The Morgan fingerprint density at radius 1 is 1.29 bits per heavy atom. The van der Waals surface area contributed by atoms with Crippen LogP contribution in [0, 0.1) is 0 Å². The van der Waals surface area contributed by atoms with E-state index in [0.29, 0.717) is 6.42 Å². The molecule has 0 bridgehead atoms. The fourth-order valence-corrected chi connectivity index (χ4v) is 1.24. The van der Waals surface area contributed by atoms with Crippen LogP contribution in [0.2, 0.25) is 0 Å². The number of rotatable bonds is 9. The Kier molecular flexibility index (Phi) is 9.71. The van der Waals surface area contributed by atoms with Crippen LogP contribution < -0.4 is 5.32 Å². The smallest absolute Gasteiger partial charge is 0.219 e. The van der Waals surface area contributed by atoms with E-state index in [-0.39, 0.29) is 5.91 Å². The molecule has 14 heavy (non-hydrogen) atoms. The van der Waals surface area contributed by atoms with Gasteiger partial charge in [0.25, 0.3) is 0 Å². The van der Waals surface area contributed by atoms with E-state index >= 15 is 0 Å². The lowest BCUT2D eigenvalue weighted by Gasteiger charge is -2.03. The molecule has 0 aromatic carbocycles. The van der Waals surface area contributed by atoms with Gasteiger partial charge in [-0.1, -0.05) is 25.8 Å². The molecule has 1 N–H and O–H groups in total. The van der Waals surface area contributed by atoms with Crippen molar-refractivity contribution in [1.29, 1.82) is 0 Å². The number of amides is 1. The zero-order valence-corrected chi connectivity index (χ0v) is 9.35. The van der Waals surface area contributed by atoms with Gasteiger partial charge in [0, 0.05) is 13.0 Å². The predicted molar refractivity (Wildman–Crippen MR) is 61.2 cm³/mol. The lowest BCUT2D eigenvalue weighted by atomic mass is 10.1. The molecule has 0 aromatic rings. The molecule has 0 saturated carbocycles. The number of nitrogens with one attached hydrogen (secondary N) is 1. The third kappa shape index (κ3) is 9.30. The lowest BCUT2D eigenvalue weighted by Crippen LogP contribution is -2.23. The highest BCUT2D eigenvalue weighted by atomic mass is 16.1. The SMILES string of the molecule is C=CCCCCCC(=O)NCCCC. The van der Waals surface area contributed by atoms with Crippen molar-refractivity contribution in [3.63, 3.8) is 0 Å². The monoisotopic (exact) mass is 197 g/mol. The van der Waals surface area contributed by atoms with Gasteiger partial charge in [0.05, 0.1) is 0 Å². The van der Waals surface area contributed by atoms with Crippen LogP contribution in [0.15, 0.2) is 12.7 Å². The van der Waals surface area contributed by atoms with Gasteiger partial charge in [0.2, 0.25) is 5.91 Å². The molecule has 0 spiro atoms. The van der Waals surface area contributed by atoms with Gasteiger partial charge in [0.1, 0.15) is 0 Å². The number of hydrogen-bond donors (Lipinski definition) is 1. The zero-order valence-electron chi connectivity index (χ0n) is 9.35. The van der Waals surface area contributed by atoms with E-state index in [9.17, 15) is 4.79 Å². The van der Waals surface area contributed by atoms with Crippen LogP contribution in [0.5, 0.6) is 0 Å². The maximum Gasteiger partial charge on any atom is 0.219 e. The fraction of sp³-hybridized carbons (Fsp3) is 0.750. The number of carbonyl (C=O) groups is 1. The van der Waals surface area contributed by atoms with Crippen LogP contribution in [0.1, 0.15) is 51.9 Å². The summed E-state index contributed by atoms with van der Waals surface area (Å²) in [4.78, 5) is 11.2. The molecule has 0 fully saturated rings. The van der Waals surface area contributed by atoms with Gasteiger partial charge in [-0.3, -0.25) is 4.79 Å². The maximum absolute atomic E-state index is 11.2. The molecule has 2 heteroatoms. The molecule has 0 aromatic heterocycles. The lowest BCUT2D eigenvalue weighted by molar-refractivity contribution is -0.121. The highest BCUT2D eigenvalue weighted by molar-refractivity contribution is 5.75. The van der Waals surface area contributed by atoms with Crippen molar-refractivity contribution in [2.24, 2.45) is 0 Å². The van der Waals surface area contributed by atoms with Gasteiger partial charge >= 0.3 is 0 Å². The molecule has 0 aliphatic heterocycles. The van der Waals surface area contributed by atoms with Gasteiger partial charge in [-0.25, -0.2) is 0 Å². The molecule has 82 valence electrons. The highest BCUT2D eigenvalue weighted by Crippen LogP contribution is 2.02. The third-order valence-corrected chi connectivity index (χ3v) is 2.16. The van der Waals surface area contributed by atoms with Crippen LogP contribution >= 0.6 is 0 Å². The van der Waals surface area contributed by atoms with E-state index in [1.165, 1.54) is 0 Å². The summed E-state index contributed by atoms with van der Waals surface area (Å²) in [6, 6.07) is 0. The summed E-state index contributed by atoms with van der Waals surface area (Å²) >= 11 is 0. The highest BCUT2D eigenvalue weighted by Gasteiger charge is 1.98. The standard InChI is InChI=1S/C12H23NO/c1-3-5-7-8-9-10-12(14)13-11-6-4-2/h3H,1,4-11H2,2H3,(H,13,14). The van der Waals surface area contributed by atoms with Crippen LogP contribution in [0.3, 0.4) is 0 Å². The molecular weight excluding hydrogens is 174 g/mol. The van der Waals surface area contributed by atoms with Crippen molar-refractivity contribution < 1.29 is 4.79 Å². The molecule has 0 radical (unpaired) electrons. The molecule has 0 unspecified atom stereocenters. The third-order valence-electron chi connectivity index (χ3n) is 2.16. The molecule has 1 amide bonds. The topological polar surface area (TPSA) is 29.1 Å². The number of carbonyl (C=O) groups excluding carboxylic acids is 1. The second kappa shape index (κ2) is 10.3. The molecule has 0 saturated heterocycles. The van der Waals surface area contributed by atoms with Crippen molar-refractivity contribution in [3.8, 4) is 0 Å². The first-order valence-electron chi connectivity index (χ1n) is 5.68. The van der Waals surface area contributed by atoms with E-state index in [4.69, 9.17) is 0 Å². The molecule has 0 aliphatic rings. The molecule has 0 atom stereocenters. The van der Waals surface area contributed by atoms with Crippen molar-refractivity contribution in [2.75, 3.05) is 6.54 Å². The quantitative estimate of drug-likeness (QED) is 0.447. The first-order chi connectivity index (χ1) is 6.81. The van der Waals surface area contributed by atoms with Crippen molar-refractivity contribution in [1.82, 2.24) is 5.32 Å². The summed E-state index contributed by atoms with van der Waals surface area (Å²) in [5.41, 5.74) is 0. The summed E-state index contributed by atoms with van der Waals surface area (Å²) in [7, 11) is 0. The number of hydrogen-bond acceptors (Lipinski definition) is 1. The summed E-state index contributed by atoms with van der Waals surface area (Å²) < 4.78 is 0. The average Bonchev–Trinajstić information content (AvgIpc) is 2.18. The van der Waals surface area contributed by atoms with Gasteiger partial charge in [0.15, 0.2) is 0 Å². The first-order valence-corrected chi connectivity index (χ1v) is 5.68. The fourth-order valence-electron chi connectivity index (χ4n) is 1.24. The van der Waals surface area contributed by atoms with Gasteiger partial charge in [-0.15, -0.1) is 6.58 Å². The van der Waals surface area contributed by atoms with E-state index in [1.54, 1.807) is 0 Å². The van der Waals surface area contributed by atoms with Crippen LogP contribution in [-0.2, 0) is 4.79 Å². The van der Waals surface area contributed by atoms with Crippen molar-refractivity contribution in [2.45, 2.75) is 51.9 Å². The average molecular weight is 197 g/mol. The Morgan fingerprint density at radius 2 is 2.07 bits per heavy atom. The number of allylic oxidation sites excluding steroid dienone is 1. The van der Waals surface area contributed by atoms with Crippen molar-refractivity contribution >= 4 is 5.91 Å². The first kappa shape index (κ1) is 13.2. The molecule has 2 nitrogen and oxygen atoms in total. The van der Waals surface area contributed by atoms with E-state index in [2.05, 4.69) is 18.8 Å². The van der Waals surface area contributed by atoms with Crippen LogP contribution in [-0.4, -0.2) is 12.5 Å². The molecular formula is C12H23NO. The van der Waals surface area contributed by atoms with E-state index < -0.39 is 0 Å². The zero-order chi connectivity index (χ0) is 10.6. The van der Waals surface area contributed by atoms with E-state index in [1.807, 2.05) is 6.08 Å².